The molecule has 0 saturated carbocycles. The van der Waals surface area contributed by atoms with Crippen LogP contribution in [0.5, 0.6) is 17.2 Å². The van der Waals surface area contributed by atoms with Crippen molar-refractivity contribution in [2.75, 3.05) is 66.3 Å². The summed E-state index contributed by atoms with van der Waals surface area (Å²) in [5, 5.41) is 8.70. The molecule has 0 fully saturated rings. The number of halogens is 1. The van der Waals surface area contributed by atoms with Crippen LogP contribution in [-0.2, 0) is 42.0 Å². The largest absolute Gasteiger partial charge is 0.486 e. The highest BCUT2D eigenvalue weighted by Crippen LogP contribution is 2.33. The Bertz CT molecular complexity index is 1830. The second kappa shape index (κ2) is 18.9. The Morgan fingerprint density at radius 3 is 2.49 bits per heavy atom. The molecule has 3 amide bonds. The summed E-state index contributed by atoms with van der Waals surface area (Å²) in [4.78, 5) is 40.0. The van der Waals surface area contributed by atoms with Gasteiger partial charge in [0.25, 0.3) is 5.91 Å². The first kappa shape index (κ1) is 39.5. The topological polar surface area (TPSA) is 162 Å². The number of benzene rings is 3. The van der Waals surface area contributed by atoms with Crippen LogP contribution in [0.3, 0.4) is 0 Å². The fourth-order valence-corrected chi connectivity index (χ4v) is 7.78. The highest BCUT2D eigenvalue weighted by atomic mass is 32.2. The van der Waals surface area contributed by atoms with Gasteiger partial charge in [0.05, 0.1) is 10.3 Å². The van der Waals surface area contributed by atoms with E-state index in [1.54, 1.807) is 30.3 Å². The molecular formula is C38H47FN4O9S. The zero-order chi connectivity index (χ0) is 37.7. The quantitative estimate of drug-likeness (QED) is 0.299. The van der Waals surface area contributed by atoms with E-state index < -0.39 is 15.4 Å². The molecule has 0 aliphatic carbocycles. The number of hydrogen-bond acceptors (Lipinski definition) is 9. The predicted molar refractivity (Wildman–Crippen MR) is 194 cm³/mol. The maximum atomic E-state index is 14.1. The van der Waals surface area contributed by atoms with E-state index in [1.807, 2.05) is 12.1 Å². The second-order valence-corrected chi connectivity index (χ2v) is 15.0. The summed E-state index contributed by atoms with van der Waals surface area (Å²) in [6.45, 7) is 1.21. The molecule has 3 aromatic rings. The van der Waals surface area contributed by atoms with Crippen molar-refractivity contribution in [1.82, 2.24) is 20.3 Å². The number of sulfonamides is 1. The van der Waals surface area contributed by atoms with Crippen LogP contribution in [0.2, 0.25) is 0 Å². The Kier molecular flexibility index (Phi) is 14.0. The number of rotatable bonds is 9. The summed E-state index contributed by atoms with van der Waals surface area (Å²) in [5.41, 5.74) is 0.390. The minimum Gasteiger partial charge on any atom is -0.486 e. The maximum absolute atomic E-state index is 14.1. The monoisotopic (exact) mass is 754 g/mol. The van der Waals surface area contributed by atoms with E-state index in [-0.39, 0.29) is 100 Å². The molecule has 3 aliphatic heterocycles. The summed E-state index contributed by atoms with van der Waals surface area (Å²) in [6, 6.07) is 17.7. The van der Waals surface area contributed by atoms with Gasteiger partial charge in [0.1, 0.15) is 24.8 Å². The predicted octanol–water partition coefficient (Wildman–Crippen LogP) is 3.01. The SMILES string of the molecule is COCCC1(C(=O)NCCc2cccc(F)c2)CNC(=O)CCCN(S(=O)(=O)c2ccc3c(c2)OCCO3)CCCNC(=O)COc2ccc(cc2)C1. The van der Waals surface area contributed by atoms with Crippen molar-refractivity contribution < 1.29 is 46.1 Å². The molecule has 0 saturated heterocycles. The third kappa shape index (κ3) is 11.1. The van der Waals surface area contributed by atoms with Crippen LogP contribution in [0.4, 0.5) is 4.39 Å². The highest BCUT2D eigenvalue weighted by Gasteiger charge is 2.39. The lowest BCUT2D eigenvalue weighted by molar-refractivity contribution is -0.133. The molecule has 0 spiro atoms. The fourth-order valence-electron chi connectivity index (χ4n) is 6.25. The van der Waals surface area contributed by atoms with E-state index in [4.69, 9.17) is 18.9 Å². The molecule has 6 rings (SSSR count). The smallest absolute Gasteiger partial charge is 0.257 e. The Hall–Kier alpha value is -4.73. The van der Waals surface area contributed by atoms with Gasteiger partial charge in [-0.1, -0.05) is 24.3 Å². The summed E-state index contributed by atoms with van der Waals surface area (Å²) in [5.74, 6) is -0.133. The zero-order valence-electron chi connectivity index (χ0n) is 29.9. The lowest BCUT2D eigenvalue weighted by atomic mass is 9.77. The fraction of sp³-hybridized carbons (Fsp3) is 0.447. The Labute approximate surface area is 309 Å². The van der Waals surface area contributed by atoms with Crippen LogP contribution in [0, 0.1) is 11.2 Å². The lowest BCUT2D eigenvalue weighted by Gasteiger charge is -2.33. The van der Waals surface area contributed by atoms with Crippen LogP contribution < -0.4 is 30.2 Å². The maximum Gasteiger partial charge on any atom is 0.257 e. The van der Waals surface area contributed by atoms with Gasteiger partial charge in [-0.15, -0.1) is 0 Å². The number of hydrogen-bond donors (Lipinski definition) is 3. The molecule has 0 radical (unpaired) electrons. The van der Waals surface area contributed by atoms with Crippen LogP contribution in [-0.4, -0.2) is 96.7 Å². The van der Waals surface area contributed by atoms with Gasteiger partial charge in [0, 0.05) is 58.9 Å². The number of carbonyl (C=O) groups excluding carboxylic acids is 3. The Morgan fingerprint density at radius 1 is 0.943 bits per heavy atom. The van der Waals surface area contributed by atoms with E-state index in [0.717, 1.165) is 11.1 Å². The molecule has 3 aromatic carbocycles. The summed E-state index contributed by atoms with van der Waals surface area (Å²) in [6.07, 6.45) is 1.42. The molecular weight excluding hydrogens is 708 g/mol. The van der Waals surface area contributed by atoms with Gasteiger partial charge < -0.3 is 34.9 Å². The molecule has 3 aliphatic rings. The van der Waals surface area contributed by atoms with Gasteiger partial charge in [-0.2, -0.15) is 4.31 Å². The number of methoxy groups -OCH3 is 1. The van der Waals surface area contributed by atoms with E-state index in [1.165, 1.54) is 35.7 Å². The zero-order valence-corrected chi connectivity index (χ0v) is 30.7. The van der Waals surface area contributed by atoms with Crippen molar-refractivity contribution >= 4 is 27.7 Å². The van der Waals surface area contributed by atoms with E-state index in [2.05, 4.69) is 16.0 Å². The van der Waals surface area contributed by atoms with Crippen molar-refractivity contribution in [2.24, 2.45) is 5.41 Å². The Balaban J connectivity index is 1.35. The molecule has 53 heavy (non-hydrogen) atoms. The third-order valence-electron chi connectivity index (χ3n) is 9.18. The van der Waals surface area contributed by atoms with Crippen molar-refractivity contribution in [2.45, 2.75) is 43.4 Å². The van der Waals surface area contributed by atoms with Crippen LogP contribution >= 0.6 is 0 Å². The van der Waals surface area contributed by atoms with Crippen molar-refractivity contribution in [3.63, 3.8) is 0 Å². The molecule has 15 heteroatoms. The number of ether oxygens (including phenoxy) is 4. The molecule has 0 aromatic heterocycles. The van der Waals surface area contributed by atoms with Crippen LogP contribution in [0.1, 0.15) is 36.8 Å². The van der Waals surface area contributed by atoms with Gasteiger partial charge >= 0.3 is 0 Å². The summed E-state index contributed by atoms with van der Waals surface area (Å²) < 4.78 is 65.1. The molecule has 286 valence electrons. The summed E-state index contributed by atoms with van der Waals surface area (Å²) >= 11 is 0. The molecule has 1 unspecified atom stereocenters. The number of fused-ring (bicyclic) bond motifs is 18. The molecule has 2 bridgehead atoms. The number of carbonyl (C=O) groups is 3. The number of amides is 3. The average Bonchev–Trinajstić information content (AvgIpc) is 3.15. The molecule has 1 atom stereocenters. The summed E-state index contributed by atoms with van der Waals surface area (Å²) in [7, 11) is -2.49. The molecule has 3 heterocycles. The molecule has 13 nitrogen and oxygen atoms in total. The van der Waals surface area contributed by atoms with Crippen molar-refractivity contribution in [3.05, 3.63) is 83.7 Å². The lowest BCUT2D eigenvalue weighted by Crippen LogP contribution is -2.51. The van der Waals surface area contributed by atoms with Gasteiger partial charge in [-0.25, -0.2) is 12.8 Å². The van der Waals surface area contributed by atoms with Crippen LogP contribution in [0.15, 0.2) is 71.6 Å². The first-order valence-corrected chi connectivity index (χ1v) is 19.2. The van der Waals surface area contributed by atoms with Gasteiger partial charge in [-0.05, 0) is 79.6 Å². The van der Waals surface area contributed by atoms with E-state index in [0.29, 0.717) is 43.3 Å². The normalized spacial score (nSPS) is 19.4. The van der Waals surface area contributed by atoms with Crippen LogP contribution in [0.25, 0.3) is 0 Å². The first-order valence-electron chi connectivity index (χ1n) is 17.7. The second-order valence-electron chi connectivity index (χ2n) is 13.1. The highest BCUT2D eigenvalue weighted by molar-refractivity contribution is 7.89. The molecule has 3 N–H and O–H groups in total. The average molecular weight is 755 g/mol. The van der Waals surface area contributed by atoms with Gasteiger partial charge in [-0.3, -0.25) is 14.4 Å². The number of nitrogens with one attached hydrogen (secondary N) is 3. The van der Waals surface area contributed by atoms with E-state index >= 15 is 0 Å². The Morgan fingerprint density at radius 2 is 1.72 bits per heavy atom. The van der Waals surface area contributed by atoms with Crippen molar-refractivity contribution in [1.29, 1.82) is 0 Å². The minimum atomic E-state index is -4.02. The number of nitrogens with zero attached hydrogens (tertiary/aromatic N) is 1. The van der Waals surface area contributed by atoms with E-state index in [9.17, 15) is 27.2 Å². The third-order valence-corrected chi connectivity index (χ3v) is 11.1. The first-order chi connectivity index (χ1) is 25.6. The van der Waals surface area contributed by atoms with Gasteiger partial charge in [0.2, 0.25) is 21.8 Å². The van der Waals surface area contributed by atoms with Crippen molar-refractivity contribution in [3.8, 4) is 17.2 Å². The van der Waals surface area contributed by atoms with Gasteiger partial charge in [0.15, 0.2) is 18.1 Å². The minimum absolute atomic E-state index is 0.00250. The standard InChI is InChI=1S/C38H47FN4O9S/c1-49-20-15-38(37(46)41-17-14-28-5-2-6-30(39)23-28)25-29-8-10-31(11-9-29)52-26-36(45)40-16-4-19-43(18-3-7-35(44)42-27-38)53(47,48)32-12-13-33-34(24-32)51-22-21-50-33/h2,5-6,8-13,23-24H,3-4,7,14-22,25-27H2,1H3,(H,40,45)(H,41,46)(H,42,44).